The molecule has 0 unspecified atom stereocenters. The third kappa shape index (κ3) is 4.34. The Morgan fingerprint density at radius 2 is 1.38 bits per heavy atom. The van der Waals surface area contributed by atoms with Crippen LogP contribution in [0.3, 0.4) is 0 Å². The molecule has 8 bridgehead atoms. The second-order valence-electron chi connectivity index (χ2n) is 11.6. The molecule has 0 spiro atoms. The number of pyridine rings is 1. The lowest BCUT2D eigenvalue weighted by molar-refractivity contribution is -0.671. The third-order valence-corrected chi connectivity index (χ3v) is 7.92. The van der Waals surface area contributed by atoms with Gasteiger partial charge in [-0.25, -0.2) is 9.55 Å². The highest BCUT2D eigenvalue weighted by atomic mass is 14.9. The summed E-state index contributed by atoms with van der Waals surface area (Å²) in [5.74, 6) is 0. The van der Waals surface area contributed by atoms with Crippen LogP contribution in [0.2, 0.25) is 0 Å². The normalized spacial score (nSPS) is 14.0. The van der Waals surface area contributed by atoms with Gasteiger partial charge in [0.1, 0.15) is 7.05 Å². The molecule has 0 amide bonds. The van der Waals surface area contributed by atoms with E-state index in [1.807, 2.05) is 7.05 Å². The van der Waals surface area contributed by atoms with Gasteiger partial charge >= 0.3 is 0 Å². The maximum atomic E-state index is 5.28. The van der Waals surface area contributed by atoms with Gasteiger partial charge in [-0.2, -0.15) is 0 Å². The largest absolute Gasteiger partial charge is 0.355 e. The molecule has 196 valence electrons. The van der Waals surface area contributed by atoms with Crippen LogP contribution in [0.4, 0.5) is 0 Å². The van der Waals surface area contributed by atoms with E-state index in [9.17, 15) is 0 Å². The van der Waals surface area contributed by atoms with Gasteiger partial charge in [0, 0.05) is 62.9 Å². The SMILES string of the molecule is Cc1ccc(-c2c3nc(cc4ccc([nH]4)c(-c4cc[n+](C)cc4)c4nc(cc5ccc2[nH]5)C(C)(C)C4)C=C3)cc1. The Kier molecular flexibility index (Phi) is 5.56. The minimum atomic E-state index is -0.105. The van der Waals surface area contributed by atoms with E-state index in [0.717, 1.165) is 73.5 Å². The van der Waals surface area contributed by atoms with E-state index in [1.165, 1.54) is 5.56 Å². The van der Waals surface area contributed by atoms with E-state index >= 15 is 0 Å². The molecule has 7 rings (SSSR count). The van der Waals surface area contributed by atoms with Crippen molar-refractivity contribution in [2.24, 2.45) is 7.05 Å². The summed E-state index contributed by atoms with van der Waals surface area (Å²) in [7, 11) is 2.04. The Hall–Kier alpha value is -4.77. The van der Waals surface area contributed by atoms with Crippen LogP contribution in [0.25, 0.3) is 56.5 Å². The molecule has 0 atom stereocenters. The van der Waals surface area contributed by atoms with Gasteiger partial charge in [-0.1, -0.05) is 43.7 Å². The van der Waals surface area contributed by atoms with Crippen molar-refractivity contribution in [2.75, 3.05) is 0 Å². The van der Waals surface area contributed by atoms with Crippen LogP contribution in [0.5, 0.6) is 0 Å². The van der Waals surface area contributed by atoms with Crippen LogP contribution in [0, 0.1) is 6.92 Å². The number of hydrogen-bond acceptors (Lipinski definition) is 2. The molecule has 40 heavy (non-hydrogen) atoms. The molecule has 0 fully saturated rings. The standard InChI is InChI=1S/C35H31N5/c1-22-5-7-23(8-6-22)33-28-12-9-25(36-28)19-26-10-13-30(37-26)34(24-15-17-40(4)18-16-24)31-21-35(2,3)32(39-31)20-27-11-14-29(33)38-27/h5-20H,21H2,1-4H3,(H,36,37,38)/p+1. The van der Waals surface area contributed by atoms with Gasteiger partial charge in [0.2, 0.25) is 0 Å². The first-order valence-electron chi connectivity index (χ1n) is 13.8. The molecule has 5 aromatic rings. The van der Waals surface area contributed by atoms with Crippen LogP contribution in [-0.4, -0.2) is 19.9 Å². The Morgan fingerprint density at radius 3 is 2.10 bits per heavy atom. The molecule has 6 heterocycles. The van der Waals surface area contributed by atoms with Crippen molar-refractivity contribution in [3.05, 3.63) is 114 Å². The van der Waals surface area contributed by atoms with E-state index in [4.69, 9.17) is 9.97 Å². The molecule has 2 aliphatic heterocycles. The van der Waals surface area contributed by atoms with Crippen molar-refractivity contribution in [2.45, 2.75) is 32.6 Å². The van der Waals surface area contributed by atoms with E-state index < -0.39 is 0 Å². The molecule has 0 saturated heterocycles. The molecule has 1 aromatic carbocycles. The third-order valence-electron chi connectivity index (χ3n) is 7.92. The molecule has 2 aliphatic rings. The number of aromatic nitrogens is 5. The second-order valence-corrected chi connectivity index (χ2v) is 11.6. The number of hydrogen-bond donors (Lipinski definition) is 2. The lowest BCUT2D eigenvalue weighted by Crippen LogP contribution is -2.25. The van der Waals surface area contributed by atoms with Crippen molar-refractivity contribution in [1.82, 2.24) is 19.9 Å². The number of fused-ring (bicyclic) bond motifs is 8. The summed E-state index contributed by atoms with van der Waals surface area (Å²) in [6.45, 7) is 6.68. The van der Waals surface area contributed by atoms with Crippen molar-refractivity contribution < 1.29 is 4.57 Å². The lowest BCUT2D eigenvalue weighted by atomic mass is 9.85. The molecular weight excluding hydrogens is 490 g/mol. The van der Waals surface area contributed by atoms with Crippen molar-refractivity contribution >= 4 is 34.2 Å². The van der Waals surface area contributed by atoms with Gasteiger partial charge in [0.15, 0.2) is 12.4 Å². The van der Waals surface area contributed by atoms with Crippen LogP contribution >= 0.6 is 0 Å². The summed E-state index contributed by atoms with van der Waals surface area (Å²) in [6.07, 6.45) is 9.23. The van der Waals surface area contributed by atoms with Crippen molar-refractivity contribution in [3.63, 3.8) is 0 Å². The predicted octanol–water partition coefficient (Wildman–Crippen LogP) is 7.47. The first kappa shape index (κ1) is 24.3. The van der Waals surface area contributed by atoms with E-state index in [0.29, 0.717) is 0 Å². The van der Waals surface area contributed by atoms with Gasteiger partial charge in [0.05, 0.1) is 17.1 Å². The number of aromatic amines is 2. The first-order chi connectivity index (χ1) is 19.3. The minimum absolute atomic E-state index is 0.105. The number of rotatable bonds is 2. The van der Waals surface area contributed by atoms with Crippen molar-refractivity contribution in [3.8, 4) is 22.3 Å². The molecule has 0 radical (unpaired) electrons. The average Bonchev–Trinajstić information content (AvgIpc) is 3.72. The predicted molar refractivity (Wildman–Crippen MR) is 163 cm³/mol. The van der Waals surface area contributed by atoms with Crippen LogP contribution in [0.1, 0.15) is 42.2 Å². The number of aryl methyl sites for hydroxylation is 2. The molecule has 0 saturated carbocycles. The zero-order chi connectivity index (χ0) is 27.4. The summed E-state index contributed by atoms with van der Waals surface area (Å²) < 4.78 is 2.06. The maximum absolute atomic E-state index is 5.28. The molecule has 0 aliphatic carbocycles. The monoisotopic (exact) mass is 522 g/mol. The fourth-order valence-electron chi connectivity index (χ4n) is 5.71. The van der Waals surface area contributed by atoms with Crippen LogP contribution in [0.15, 0.2) is 85.2 Å². The first-order valence-corrected chi connectivity index (χ1v) is 13.8. The highest BCUT2D eigenvalue weighted by molar-refractivity contribution is 5.91. The zero-order valence-corrected chi connectivity index (χ0v) is 23.3. The zero-order valence-electron chi connectivity index (χ0n) is 23.3. The number of nitrogens with zero attached hydrogens (tertiary/aromatic N) is 3. The van der Waals surface area contributed by atoms with E-state index in [2.05, 4.69) is 133 Å². The minimum Gasteiger partial charge on any atom is -0.355 e. The van der Waals surface area contributed by atoms with Gasteiger partial charge in [0.25, 0.3) is 0 Å². The Labute approximate surface area is 233 Å². The fraction of sp³-hybridized carbons (Fsp3) is 0.171. The van der Waals surface area contributed by atoms with Crippen LogP contribution < -0.4 is 4.57 Å². The van der Waals surface area contributed by atoms with Crippen LogP contribution in [-0.2, 0) is 18.9 Å². The Balaban J connectivity index is 1.58. The summed E-state index contributed by atoms with van der Waals surface area (Å²) >= 11 is 0. The molecule has 4 aromatic heterocycles. The molecule has 5 heteroatoms. The van der Waals surface area contributed by atoms with Gasteiger partial charge in [-0.15, -0.1) is 0 Å². The van der Waals surface area contributed by atoms with E-state index in [1.54, 1.807) is 0 Å². The fourth-order valence-corrected chi connectivity index (χ4v) is 5.71. The number of nitrogens with one attached hydrogen (secondary N) is 2. The second kappa shape index (κ2) is 9.16. The smallest absolute Gasteiger partial charge is 0.169 e. The molecule has 5 nitrogen and oxygen atoms in total. The van der Waals surface area contributed by atoms with Crippen molar-refractivity contribution in [1.29, 1.82) is 0 Å². The summed E-state index contributed by atoms with van der Waals surface area (Å²) in [5.41, 5.74) is 13.8. The topological polar surface area (TPSA) is 61.2 Å². The quantitative estimate of drug-likeness (QED) is 0.232. The lowest BCUT2D eigenvalue weighted by Gasteiger charge is -2.16. The number of benzene rings is 1. The van der Waals surface area contributed by atoms with Gasteiger partial charge < -0.3 is 9.97 Å². The van der Waals surface area contributed by atoms with Gasteiger partial charge in [-0.3, -0.25) is 4.98 Å². The van der Waals surface area contributed by atoms with Gasteiger partial charge in [-0.05, 0) is 66.6 Å². The average molecular weight is 523 g/mol. The summed E-state index contributed by atoms with van der Waals surface area (Å²) in [4.78, 5) is 17.7. The highest BCUT2D eigenvalue weighted by Crippen LogP contribution is 2.37. The Morgan fingerprint density at radius 1 is 0.725 bits per heavy atom. The van der Waals surface area contributed by atoms with E-state index in [-0.39, 0.29) is 5.41 Å². The summed E-state index contributed by atoms with van der Waals surface area (Å²) in [6, 6.07) is 25.9. The molecule has 2 N–H and O–H groups in total. The Bertz CT molecular complexity index is 1950. The summed E-state index contributed by atoms with van der Waals surface area (Å²) in [5, 5.41) is 0. The number of H-pyrrole nitrogens is 2. The molecular formula is C35H32N5+. The highest BCUT2D eigenvalue weighted by Gasteiger charge is 2.30. The maximum Gasteiger partial charge on any atom is 0.169 e.